The molecular weight excluding hydrogens is 214 g/mol. The molecule has 0 heterocycles. The minimum absolute atomic E-state index is 0.0608. The van der Waals surface area contributed by atoms with Gasteiger partial charge in [0.05, 0.1) is 11.3 Å². The summed E-state index contributed by atoms with van der Waals surface area (Å²) in [6.07, 6.45) is 5.04. The summed E-state index contributed by atoms with van der Waals surface area (Å²) in [5.41, 5.74) is 3.79. The van der Waals surface area contributed by atoms with E-state index in [1.165, 1.54) is 19.3 Å². The summed E-state index contributed by atoms with van der Waals surface area (Å²) in [5, 5.41) is 2.92. The van der Waals surface area contributed by atoms with Crippen LogP contribution in [0.4, 0.5) is 5.69 Å². The van der Waals surface area contributed by atoms with Gasteiger partial charge in [0, 0.05) is 6.54 Å². The number of hydrazine groups is 1. The third-order valence-electron chi connectivity index (χ3n) is 3.10. The highest BCUT2D eigenvalue weighted by molar-refractivity contribution is 5.99. The van der Waals surface area contributed by atoms with Crippen LogP contribution in [0.5, 0.6) is 0 Å². The number of hydrogen-bond donors (Lipinski definition) is 3. The van der Waals surface area contributed by atoms with Gasteiger partial charge >= 0.3 is 0 Å². The summed E-state index contributed by atoms with van der Waals surface area (Å²) in [6, 6.07) is 7.24. The second-order valence-corrected chi connectivity index (χ2v) is 4.53. The van der Waals surface area contributed by atoms with Gasteiger partial charge in [0.15, 0.2) is 0 Å². The number of nitrogens with two attached hydrogens (primary N) is 1. The molecular formula is C13H19N3O. The molecule has 0 spiro atoms. The van der Waals surface area contributed by atoms with Gasteiger partial charge in [0.25, 0.3) is 5.91 Å². The van der Waals surface area contributed by atoms with Crippen molar-refractivity contribution >= 4 is 11.6 Å². The van der Waals surface area contributed by atoms with Gasteiger partial charge < -0.3 is 10.7 Å². The summed E-state index contributed by atoms with van der Waals surface area (Å²) >= 11 is 0. The van der Waals surface area contributed by atoms with Crippen LogP contribution in [0.25, 0.3) is 0 Å². The molecule has 4 N–H and O–H groups in total. The highest BCUT2D eigenvalue weighted by Crippen LogP contribution is 2.33. The number of hydrogen-bond acceptors (Lipinski definition) is 3. The first-order valence-corrected chi connectivity index (χ1v) is 6.15. The lowest BCUT2D eigenvalue weighted by Crippen LogP contribution is -2.26. The standard InChI is InChI=1S/C13H19N3O/c14-16-12-6-2-1-5-11(12)13(17)15-9-3-4-10-7-8-10/h1-2,5-6,10,16H,3-4,7-9,14H2,(H,15,17). The van der Waals surface area contributed by atoms with Crippen LogP contribution in [0.2, 0.25) is 0 Å². The van der Waals surface area contributed by atoms with Crippen molar-refractivity contribution in [3.8, 4) is 0 Å². The van der Waals surface area contributed by atoms with E-state index in [0.29, 0.717) is 11.3 Å². The first-order valence-electron chi connectivity index (χ1n) is 6.15. The molecule has 0 bridgehead atoms. The van der Waals surface area contributed by atoms with Crippen molar-refractivity contribution in [2.24, 2.45) is 11.8 Å². The SMILES string of the molecule is NNc1ccccc1C(=O)NCCCC1CC1. The number of amides is 1. The van der Waals surface area contributed by atoms with Crippen molar-refractivity contribution in [3.63, 3.8) is 0 Å². The maximum absolute atomic E-state index is 11.9. The highest BCUT2D eigenvalue weighted by Gasteiger charge is 2.20. The minimum atomic E-state index is -0.0608. The summed E-state index contributed by atoms with van der Waals surface area (Å²) in [4.78, 5) is 11.9. The Hall–Kier alpha value is -1.55. The monoisotopic (exact) mass is 233 g/mol. The zero-order valence-corrected chi connectivity index (χ0v) is 9.91. The van der Waals surface area contributed by atoms with Gasteiger partial charge in [-0.2, -0.15) is 0 Å². The largest absolute Gasteiger partial charge is 0.352 e. The molecule has 17 heavy (non-hydrogen) atoms. The molecule has 0 unspecified atom stereocenters. The molecule has 1 saturated carbocycles. The number of nitrogens with one attached hydrogen (secondary N) is 2. The van der Waals surface area contributed by atoms with Crippen LogP contribution < -0.4 is 16.6 Å². The first-order chi connectivity index (χ1) is 8.31. The smallest absolute Gasteiger partial charge is 0.253 e. The van der Waals surface area contributed by atoms with Gasteiger partial charge in [-0.05, 0) is 30.9 Å². The maximum Gasteiger partial charge on any atom is 0.253 e. The molecule has 0 saturated heterocycles. The molecule has 2 rings (SSSR count). The molecule has 1 amide bonds. The predicted octanol–water partition coefficient (Wildman–Crippen LogP) is 1.89. The Morgan fingerprint density at radius 1 is 1.35 bits per heavy atom. The fourth-order valence-corrected chi connectivity index (χ4v) is 1.90. The van der Waals surface area contributed by atoms with Crippen molar-refractivity contribution < 1.29 is 4.79 Å². The Labute approximate surface area is 102 Å². The summed E-state index contributed by atoms with van der Waals surface area (Å²) in [6.45, 7) is 0.744. The lowest BCUT2D eigenvalue weighted by molar-refractivity contribution is 0.0953. The molecule has 1 aliphatic rings. The van der Waals surface area contributed by atoms with E-state index in [1.54, 1.807) is 12.1 Å². The fraction of sp³-hybridized carbons (Fsp3) is 0.462. The molecule has 4 nitrogen and oxygen atoms in total. The summed E-state index contributed by atoms with van der Waals surface area (Å²) < 4.78 is 0. The van der Waals surface area contributed by atoms with Crippen LogP contribution in [0.15, 0.2) is 24.3 Å². The Kier molecular flexibility index (Phi) is 3.98. The zero-order chi connectivity index (χ0) is 12.1. The lowest BCUT2D eigenvalue weighted by Gasteiger charge is -2.09. The molecule has 4 heteroatoms. The van der Waals surface area contributed by atoms with Crippen molar-refractivity contribution in [1.82, 2.24) is 5.32 Å². The Bertz CT molecular complexity index is 388. The van der Waals surface area contributed by atoms with Crippen LogP contribution in [-0.2, 0) is 0 Å². The zero-order valence-electron chi connectivity index (χ0n) is 9.91. The number of para-hydroxylation sites is 1. The molecule has 0 aliphatic heterocycles. The molecule has 0 aromatic heterocycles. The second kappa shape index (κ2) is 5.68. The fourth-order valence-electron chi connectivity index (χ4n) is 1.90. The molecule has 1 aliphatic carbocycles. The van der Waals surface area contributed by atoms with Crippen LogP contribution >= 0.6 is 0 Å². The maximum atomic E-state index is 11.9. The molecule has 1 aromatic rings. The van der Waals surface area contributed by atoms with E-state index in [9.17, 15) is 4.79 Å². The lowest BCUT2D eigenvalue weighted by atomic mass is 10.1. The third kappa shape index (κ3) is 3.46. The second-order valence-electron chi connectivity index (χ2n) is 4.53. The van der Waals surface area contributed by atoms with Gasteiger partial charge in [-0.25, -0.2) is 0 Å². The topological polar surface area (TPSA) is 67.1 Å². The third-order valence-corrected chi connectivity index (χ3v) is 3.10. The number of benzene rings is 1. The van der Waals surface area contributed by atoms with Crippen molar-refractivity contribution in [1.29, 1.82) is 0 Å². The van der Waals surface area contributed by atoms with Crippen molar-refractivity contribution in [3.05, 3.63) is 29.8 Å². The van der Waals surface area contributed by atoms with Gasteiger partial charge in [0.1, 0.15) is 0 Å². The van der Waals surface area contributed by atoms with E-state index < -0.39 is 0 Å². The van der Waals surface area contributed by atoms with Crippen LogP contribution in [0.1, 0.15) is 36.0 Å². The van der Waals surface area contributed by atoms with Crippen LogP contribution in [0, 0.1) is 5.92 Å². The number of anilines is 1. The average Bonchev–Trinajstić information content (AvgIpc) is 3.18. The highest BCUT2D eigenvalue weighted by atomic mass is 16.1. The van der Waals surface area contributed by atoms with E-state index in [2.05, 4.69) is 10.7 Å². The molecule has 92 valence electrons. The van der Waals surface area contributed by atoms with Gasteiger partial charge in [0.2, 0.25) is 0 Å². The number of carbonyl (C=O) groups is 1. The van der Waals surface area contributed by atoms with Gasteiger partial charge in [-0.15, -0.1) is 0 Å². The first kappa shape index (κ1) is 11.9. The van der Waals surface area contributed by atoms with Crippen molar-refractivity contribution in [2.45, 2.75) is 25.7 Å². The van der Waals surface area contributed by atoms with Gasteiger partial charge in [-0.1, -0.05) is 25.0 Å². The molecule has 1 fully saturated rings. The number of carbonyl (C=O) groups excluding carboxylic acids is 1. The number of nitrogen functional groups attached to an aromatic ring is 1. The minimum Gasteiger partial charge on any atom is -0.352 e. The van der Waals surface area contributed by atoms with Crippen LogP contribution in [0.3, 0.4) is 0 Å². The van der Waals surface area contributed by atoms with Gasteiger partial charge in [-0.3, -0.25) is 10.6 Å². The Morgan fingerprint density at radius 2 is 2.12 bits per heavy atom. The summed E-state index contributed by atoms with van der Waals surface area (Å²) in [7, 11) is 0. The molecule has 0 atom stereocenters. The van der Waals surface area contributed by atoms with E-state index in [-0.39, 0.29) is 5.91 Å². The average molecular weight is 233 g/mol. The summed E-state index contributed by atoms with van der Waals surface area (Å²) in [5.74, 6) is 6.22. The quantitative estimate of drug-likeness (QED) is 0.399. The Morgan fingerprint density at radius 3 is 2.82 bits per heavy atom. The predicted molar refractivity (Wildman–Crippen MR) is 68.5 cm³/mol. The van der Waals surface area contributed by atoms with E-state index in [0.717, 1.165) is 18.9 Å². The van der Waals surface area contributed by atoms with E-state index >= 15 is 0 Å². The van der Waals surface area contributed by atoms with Crippen LogP contribution in [-0.4, -0.2) is 12.5 Å². The number of rotatable bonds is 6. The van der Waals surface area contributed by atoms with E-state index in [1.807, 2.05) is 12.1 Å². The van der Waals surface area contributed by atoms with Crippen molar-refractivity contribution in [2.75, 3.05) is 12.0 Å². The van der Waals surface area contributed by atoms with E-state index in [4.69, 9.17) is 5.84 Å². The molecule has 1 aromatic carbocycles. The normalized spacial score (nSPS) is 14.4. The molecule has 0 radical (unpaired) electrons. The Balaban J connectivity index is 1.80.